The molecule has 1 heterocycles. The fraction of sp³-hybridized carbons (Fsp3) is 0.395. The monoisotopic (exact) mass is 764 g/mol. The molecule has 0 aliphatic heterocycles. The molecule has 288 valence electrons. The lowest BCUT2D eigenvalue weighted by molar-refractivity contribution is -0.0480. The average Bonchev–Trinajstić information content (AvgIpc) is 3.57. The van der Waals surface area contributed by atoms with Crippen molar-refractivity contribution in [3.8, 4) is 17.4 Å². The lowest BCUT2D eigenvalue weighted by atomic mass is 9.58. The van der Waals surface area contributed by atoms with Crippen molar-refractivity contribution in [1.29, 1.82) is 0 Å². The van der Waals surface area contributed by atoms with E-state index in [1.165, 1.54) is 7.11 Å². The van der Waals surface area contributed by atoms with E-state index in [2.05, 4.69) is 25.9 Å². The molecule has 3 aliphatic carbocycles. The van der Waals surface area contributed by atoms with Crippen LogP contribution in [-0.2, 0) is 24.1 Å². The number of benzene rings is 3. The zero-order valence-electron chi connectivity index (χ0n) is 32.6. The molecule has 1 N–H and O–H groups in total. The molecular weight excluding hydrogens is 717 g/mol. The van der Waals surface area contributed by atoms with E-state index < -0.39 is 54.2 Å². The van der Waals surface area contributed by atoms with Gasteiger partial charge in [-0.1, -0.05) is 81.4 Å². The van der Waals surface area contributed by atoms with Gasteiger partial charge in [0.05, 0.1) is 24.3 Å². The summed E-state index contributed by atoms with van der Waals surface area (Å²) in [7, 11) is 2.34. The molecule has 0 saturated heterocycles. The number of aromatic nitrogens is 1. The van der Waals surface area contributed by atoms with E-state index in [4.69, 9.17) is 23.2 Å². The summed E-state index contributed by atoms with van der Waals surface area (Å²) in [6.45, 7) is 10.4. The number of carbonyl (C=O) groups excluding carboxylic acids is 3. The molecule has 0 radical (unpaired) electrons. The third-order valence-corrected chi connectivity index (χ3v) is 16.3. The van der Waals surface area contributed by atoms with Crippen LogP contribution >= 0.6 is 0 Å². The normalized spacial score (nSPS) is 22.1. The first kappa shape index (κ1) is 38.2. The number of hydrogen-bond acceptors (Lipinski definition) is 11. The summed E-state index contributed by atoms with van der Waals surface area (Å²) in [5.41, 5.74) is 0.691. The Balaban J connectivity index is 1.44. The van der Waals surface area contributed by atoms with E-state index in [0.29, 0.717) is 23.4 Å². The van der Waals surface area contributed by atoms with Gasteiger partial charge in [-0.15, -0.1) is 0 Å². The topological polar surface area (TPSA) is 138 Å². The minimum absolute atomic E-state index is 0.00967. The highest BCUT2D eigenvalue weighted by molar-refractivity contribution is 6.74. The fourth-order valence-electron chi connectivity index (χ4n) is 8.15. The van der Waals surface area contributed by atoms with Crippen LogP contribution < -0.4 is 14.2 Å². The van der Waals surface area contributed by atoms with Crippen LogP contribution in [0.15, 0.2) is 82.6 Å². The van der Waals surface area contributed by atoms with Gasteiger partial charge in [0, 0.05) is 17.1 Å². The SMILES string of the molecule is COc1cc(C=O)c(OCc2ccccc2)c2c1C[C@H]1C[C@H]3[C@H](N(C)C)c4onc(OCc5ccccc5)c4C(=O)[C@@]3(O[Si](C)(C)C(C)(C)C)C(O)=C1C2=O. The molecule has 0 saturated carbocycles. The summed E-state index contributed by atoms with van der Waals surface area (Å²) in [6, 6.07) is 19.9. The Kier molecular flexibility index (Phi) is 9.89. The molecule has 7 rings (SSSR count). The van der Waals surface area contributed by atoms with Crippen LogP contribution in [0.5, 0.6) is 17.4 Å². The number of ketones is 2. The molecule has 4 aromatic rings. The first-order valence-electron chi connectivity index (χ1n) is 18.6. The zero-order valence-corrected chi connectivity index (χ0v) is 33.6. The second kappa shape index (κ2) is 14.2. The molecule has 0 bridgehead atoms. The van der Waals surface area contributed by atoms with Gasteiger partial charge >= 0.3 is 0 Å². The average molecular weight is 765 g/mol. The number of allylic oxidation sites excluding steroid dienone is 1. The van der Waals surface area contributed by atoms with Gasteiger partial charge in [0.25, 0.3) is 5.88 Å². The zero-order chi connectivity index (χ0) is 39.4. The van der Waals surface area contributed by atoms with Gasteiger partial charge in [0.1, 0.15) is 36.0 Å². The van der Waals surface area contributed by atoms with Crippen LogP contribution in [0, 0.1) is 11.8 Å². The third kappa shape index (κ3) is 6.29. The van der Waals surface area contributed by atoms with E-state index in [1.807, 2.05) is 92.8 Å². The van der Waals surface area contributed by atoms with Crippen molar-refractivity contribution in [3.63, 3.8) is 0 Å². The Morgan fingerprint density at radius 1 is 0.982 bits per heavy atom. The number of methoxy groups -OCH3 is 1. The van der Waals surface area contributed by atoms with E-state index in [1.54, 1.807) is 6.07 Å². The number of rotatable bonds is 11. The van der Waals surface area contributed by atoms with Crippen LogP contribution in [0.2, 0.25) is 18.1 Å². The smallest absolute Gasteiger partial charge is 0.265 e. The lowest BCUT2D eigenvalue weighted by Gasteiger charge is -2.55. The van der Waals surface area contributed by atoms with Crippen LogP contribution in [0.3, 0.4) is 0 Å². The minimum Gasteiger partial charge on any atom is -0.508 e. The molecule has 1 aromatic heterocycles. The Hall–Kier alpha value is -5.04. The second-order valence-electron chi connectivity index (χ2n) is 16.4. The van der Waals surface area contributed by atoms with Gasteiger partial charge in [-0.25, -0.2) is 0 Å². The van der Waals surface area contributed by atoms with Crippen LogP contribution in [0.25, 0.3) is 0 Å². The summed E-state index contributed by atoms with van der Waals surface area (Å²) in [5.74, 6) is -2.00. The maximum Gasteiger partial charge on any atom is 0.265 e. The van der Waals surface area contributed by atoms with Crippen LogP contribution in [0.4, 0.5) is 0 Å². The summed E-state index contributed by atoms with van der Waals surface area (Å²) in [6.07, 6.45) is 1.19. The molecule has 4 atom stereocenters. The molecule has 0 fully saturated rings. The lowest BCUT2D eigenvalue weighted by Crippen LogP contribution is -2.65. The number of ether oxygens (including phenoxy) is 3. The van der Waals surface area contributed by atoms with Crippen LogP contribution in [0.1, 0.15) is 86.8 Å². The number of aliphatic hydroxyl groups excluding tert-OH is 1. The maximum atomic E-state index is 15.5. The van der Waals surface area contributed by atoms with Gasteiger partial charge in [-0.2, -0.15) is 0 Å². The summed E-state index contributed by atoms with van der Waals surface area (Å²) < 4.78 is 31.5. The number of Topliss-reactive ketones (excluding diaryl/α,β-unsaturated/α-hetero) is 2. The quantitative estimate of drug-likeness (QED) is 0.117. The number of aliphatic hydroxyl groups is 1. The van der Waals surface area contributed by atoms with Crippen molar-refractivity contribution in [1.82, 2.24) is 10.1 Å². The standard InChI is InChI=1S/C43H48N2O9Si/c1-42(2,3)55(7,8)54-43-30(35(45(4)5)38-34(40(43)49)41(44-53-38)52-24-26-17-13-10-14-18-26)20-27-19-29-31(50-6)21-28(22-46)37(33(29)36(47)32(27)39(43)48)51-23-25-15-11-9-12-16-25/h9-18,21-22,27,30,35,48H,19-20,23-24H2,1-8H3/t27-,30-,35-,43-/m0/s1. The van der Waals surface area contributed by atoms with Gasteiger partial charge in [-0.05, 0) is 73.3 Å². The number of aldehydes is 1. The van der Waals surface area contributed by atoms with E-state index in [-0.39, 0.29) is 59.9 Å². The molecule has 55 heavy (non-hydrogen) atoms. The first-order valence-corrected chi connectivity index (χ1v) is 21.5. The van der Waals surface area contributed by atoms with Crippen LogP contribution in [-0.4, -0.2) is 68.1 Å². The molecule has 0 unspecified atom stereocenters. The predicted octanol–water partition coefficient (Wildman–Crippen LogP) is 8.10. The Bertz CT molecular complexity index is 2170. The molecule has 12 heteroatoms. The Morgan fingerprint density at radius 2 is 1.60 bits per heavy atom. The largest absolute Gasteiger partial charge is 0.508 e. The minimum atomic E-state index is -2.92. The Morgan fingerprint density at radius 3 is 2.16 bits per heavy atom. The molecule has 0 amide bonds. The summed E-state index contributed by atoms with van der Waals surface area (Å²) in [5, 5.41) is 16.8. The number of hydrogen-bond donors (Lipinski definition) is 1. The first-order chi connectivity index (χ1) is 26.1. The number of carbonyl (C=O) groups is 3. The Labute approximate surface area is 322 Å². The molecule has 3 aromatic carbocycles. The number of fused-ring (bicyclic) bond motifs is 4. The highest BCUT2D eigenvalue weighted by atomic mass is 28.4. The number of nitrogens with zero attached hydrogens (tertiary/aromatic N) is 2. The fourth-order valence-corrected chi connectivity index (χ4v) is 9.61. The highest BCUT2D eigenvalue weighted by Crippen LogP contribution is 2.60. The maximum absolute atomic E-state index is 15.5. The van der Waals surface area contributed by atoms with Crippen molar-refractivity contribution < 1.29 is 42.6 Å². The van der Waals surface area contributed by atoms with Gasteiger partial charge in [0.2, 0.25) is 5.78 Å². The third-order valence-electron chi connectivity index (χ3n) is 11.8. The van der Waals surface area contributed by atoms with E-state index in [9.17, 15) is 9.90 Å². The molecule has 11 nitrogen and oxygen atoms in total. The molecule has 0 spiro atoms. The van der Waals surface area contributed by atoms with Gasteiger partial charge < -0.3 is 28.3 Å². The van der Waals surface area contributed by atoms with Gasteiger partial charge in [-0.3, -0.25) is 19.3 Å². The van der Waals surface area contributed by atoms with Crippen molar-refractivity contribution >= 4 is 26.2 Å². The highest BCUT2D eigenvalue weighted by Gasteiger charge is 2.67. The van der Waals surface area contributed by atoms with E-state index in [0.717, 1.165) is 11.1 Å². The van der Waals surface area contributed by atoms with E-state index >= 15 is 9.59 Å². The molecule has 3 aliphatic rings. The van der Waals surface area contributed by atoms with Crippen molar-refractivity contribution in [2.24, 2.45) is 11.8 Å². The predicted molar refractivity (Wildman–Crippen MR) is 207 cm³/mol. The van der Waals surface area contributed by atoms with Gasteiger partial charge in [0.15, 0.2) is 31.7 Å². The second-order valence-corrected chi connectivity index (χ2v) is 21.1. The van der Waals surface area contributed by atoms with Crippen molar-refractivity contribution in [2.45, 2.75) is 76.6 Å². The summed E-state index contributed by atoms with van der Waals surface area (Å²) in [4.78, 5) is 45.2. The van der Waals surface area contributed by atoms with Crippen molar-refractivity contribution in [3.05, 3.63) is 117 Å². The summed E-state index contributed by atoms with van der Waals surface area (Å²) >= 11 is 0. The van der Waals surface area contributed by atoms with Crippen molar-refractivity contribution in [2.75, 3.05) is 21.2 Å². The molecular formula is C43H48N2O9Si.